The summed E-state index contributed by atoms with van der Waals surface area (Å²) in [6, 6.07) is 10.8. The summed E-state index contributed by atoms with van der Waals surface area (Å²) in [6.45, 7) is 5.21. The molecule has 1 saturated heterocycles. The number of thioether (sulfide) groups is 1. The zero-order valence-corrected chi connectivity index (χ0v) is 19.0. The zero-order valence-electron chi connectivity index (χ0n) is 18.2. The number of rotatable bonds is 7. The third-order valence-electron chi connectivity index (χ3n) is 5.40. The third-order valence-corrected chi connectivity index (χ3v) is 6.48. The molecule has 0 saturated carbocycles. The maximum Gasteiger partial charge on any atom is 0.415 e. The second kappa shape index (κ2) is 10.5. The lowest BCUT2D eigenvalue weighted by atomic mass is 10.1. The van der Waals surface area contributed by atoms with Crippen LogP contribution in [0.15, 0.2) is 60.1 Å². The number of aromatic amines is 1. The third kappa shape index (κ3) is 6.11. The summed E-state index contributed by atoms with van der Waals surface area (Å²) >= 11 is 1.63. The van der Waals surface area contributed by atoms with E-state index in [0.29, 0.717) is 38.5 Å². The fraction of sp³-hybridized carbons (Fsp3) is 0.304. The summed E-state index contributed by atoms with van der Waals surface area (Å²) in [6.07, 6.45) is 4.54. The molecule has 0 spiro atoms. The first-order chi connectivity index (χ1) is 16.0. The highest BCUT2D eigenvalue weighted by Gasteiger charge is 2.23. The Balaban J connectivity index is 1.23. The molecule has 1 atom stereocenters. The molecule has 0 bridgehead atoms. The Kier molecular flexibility index (Phi) is 7.26. The van der Waals surface area contributed by atoms with Crippen LogP contribution in [0.2, 0.25) is 0 Å². The molecular formula is C23H25N5O4S. The van der Waals surface area contributed by atoms with Gasteiger partial charge >= 0.3 is 12.1 Å². The van der Waals surface area contributed by atoms with Crippen LogP contribution >= 0.6 is 11.8 Å². The fourth-order valence-corrected chi connectivity index (χ4v) is 4.37. The van der Waals surface area contributed by atoms with Gasteiger partial charge < -0.3 is 19.7 Å². The maximum atomic E-state index is 12.6. The minimum absolute atomic E-state index is 0.171. The van der Waals surface area contributed by atoms with Crippen molar-refractivity contribution in [2.45, 2.75) is 23.9 Å². The number of aromatic nitrogens is 3. The molecule has 9 nitrogen and oxygen atoms in total. The molecule has 3 heterocycles. The van der Waals surface area contributed by atoms with Gasteiger partial charge in [-0.3, -0.25) is 9.88 Å². The number of piperazine rings is 1. The van der Waals surface area contributed by atoms with Gasteiger partial charge in [0, 0.05) is 56.6 Å². The number of nitrogens with one attached hydrogen (secondary N) is 1. The van der Waals surface area contributed by atoms with Crippen LogP contribution in [0, 0.1) is 0 Å². The number of nitrogens with zero attached hydrogens (tertiary/aromatic N) is 4. The summed E-state index contributed by atoms with van der Waals surface area (Å²) in [7, 11) is 0. The number of H-pyrrole nitrogens is 1. The fourth-order valence-electron chi connectivity index (χ4n) is 3.49. The average Bonchev–Trinajstić information content (AvgIpc) is 3.33. The molecular weight excluding hydrogens is 442 g/mol. The van der Waals surface area contributed by atoms with Gasteiger partial charge in [-0.15, -0.1) is 0 Å². The normalized spacial score (nSPS) is 15.2. The number of benzene rings is 1. The number of hydrogen-bond donors (Lipinski definition) is 2. The van der Waals surface area contributed by atoms with Crippen molar-refractivity contribution in [3.05, 3.63) is 71.8 Å². The lowest BCUT2D eigenvalue weighted by Gasteiger charge is -2.33. The van der Waals surface area contributed by atoms with Crippen LogP contribution in [0.4, 0.5) is 4.79 Å². The Morgan fingerprint density at radius 2 is 1.88 bits per heavy atom. The van der Waals surface area contributed by atoms with Crippen LogP contribution in [-0.2, 0) is 6.54 Å². The Morgan fingerprint density at radius 3 is 2.48 bits per heavy atom. The van der Waals surface area contributed by atoms with E-state index in [2.05, 4.69) is 26.8 Å². The number of carboxylic acids is 1. The van der Waals surface area contributed by atoms with E-state index in [1.54, 1.807) is 41.2 Å². The molecule has 1 aliphatic heterocycles. The number of imidazole rings is 1. The van der Waals surface area contributed by atoms with E-state index in [-0.39, 0.29) is 16.9 Å². The quantitative estimate of drug-likeness (QED) is 0.506. The highest BCUT2D eigenvalue weighted by Crippen LogP contribution is 2.33. The van der Waals surface area contributed by atoms with Crippen molar-refractivity contribution >= 4 is 23.8 Å². The summed E-state index contributed by atoms with van der Waals surface area (Å²) in [4.78, 5) is 38.9. The number of carbonyl (C=O) groups excluding carboxylic acids is 1. The standard InChI is InChI=1S/C23H25N5O4S/c1-16(33-22-24-8-9-25-22)17-3-6-20(7-4-17)32-23(31)28-12-10-27(11-13-28)15-19-5-2-18(14-26-19)21(29)30/h2-9,14,16H,10-13,15H2,1H3,(H,24,25)(H,29,30). The molecule has 1 aromatic carbocycles. The molecule has 0 aliphatic carbocycles. The van der Waals surface area contributed by atoms with Crippen LogP contribution < -0.4 is 4.74 Å². The van der Waals surface area contributed by atoms with Gasteiger partial charge in [0.2, 0.25) is 0 Å². The van der Waals surface area contributed by atoms with E-state index in [1.165, 1.54) is 6.20 Å². The molecule has 2 N–H and O–H groups in total. The van der Waals surface area contributed by atoms with Gasteiger partial charge in [-0.1, -0.05) is 23.9 Å². The lowest BCUT2D eigenvalue weighted by Crippen LogP contribution is -2.49. The van der Waals surface area contributed by atoms with Crippen LogP contribution in [0.1, 0.15) is 33.8 Å². The van der Waals surface area contributed by atoms with Crippen molar-refractivity contribution < 1.29 is 19.4 Å². The first-order valence-electron chi connectivity index (χ1n) is 10.6. The summed E-state index contributed by atoms with van der Waals surface area (Å²) in [5.74, 6) is -0.470. The Hall–Kier alpha value is -3.37. The van der Waals surface area contributed by atoms with Crippen molar-refractivity contribution in [3.63, 3.8) is 0 Å². The summed E-state index contributed by atoms with van der Waals surface area (Å²) in [5, 5.41) is 10.0. The van der Waals surface area contributed by atoms with Crippen LogP contribution in [-0.4, -0.2) is 68.1 Å². The van der Waals surface area contributed by atoms with E-state index in [1.807, 2.05) is 24.3 Å². The lowest BCUT2D eigenvalue weighted by molar-refractivity contribution is 0.0696. The Bertz CT molecular complexity index is 1070. The molecule has 10 heteroatoms. The monoisotopic (exact) mass is 467 g/mol. The van der Waals surface area contributed by atoms with Crippen molar-refractivity contribution in [1.29, 1.82) is 0 Å². The average molecular weight is 468 g/mol. The predicted molar refractivity (Wildman–Crippen MR) is 123 cm³/mol. The second-order valence-corrected chi connectivity index (χ2v) is 9.03. The van der Waals surface area contributed by atoms with Crippen molar-refractivity contribution in [2.24, 2.45) is 0 Å². The van der Waals surface area contributed by atoms with E-state index in [9.17, 15) is 9.59 Å². The van der Waals surface area contributed by atoms with Crippen molar-refractivity contribution in [1.82, 2.24) is 24.8 Å². The maximum absolute atomic E-state index is 12.6. The molecule has 3 aromatic rings. The first kappa shape index (κ1) is 22.8. The van der Waals surface area contributed by atoms with Gasteiger partial charge in [-0.2, -0.15) is 0 Å². The van der Waals surface area contributed by atoms with E-state index >= 15 is 0 Å². The molecule has 172 valence electrons. The molecule has 1 aliphatic rings. The molecule has 1 fully saturated rings. The van der Waals surface area contributed by atoms with Gasteiger partial charge in [-0.05, 0) is 36.8 Å². The summed E-state index contributed by atoms with van der Waals surface area (Å²) < 4.78 is 5.56. The highest BCUT2D eigenvalue weighted by atomic mass is 32.2. The van der Waals surface area contributed by atoms with Gasteiger partial charge in [-0.25, -0.2) is 14.6 Å². The van der Waals surface area contributed by atoms with E-state index < -0.39 is 5.97 Å². The number of carbonyl (C=O) groups is 2. The largest absolute Gasteiger partial charge is 0.478 e. The zero-order chi connectivity index (χ0) is 23.2. The van der Waals surface area contributed by atoms with Crippen LogP contribution in [0.5, 0.6) is 5.75 Å². The van der Waals surface area contributed by atoms with E-state index in [4.69, 9.17) is 9.84 Å². The molecule has 1 unspecified atom stereocenters. The van der Waals surface area contributed by atoms with Gasteiger partial charge in [0.05, 0.1) is 11.3 Å². The van der Waals surface area contributed by atoms with Gasteiger partial charge in [0.1, 0.15) is 5.75 Å². The Labute approximate surface area is 195 Å². The first-order valence-corrected chi connectivity index (χ1v) is 11.5. The molecule has 1 amide bonds. The van der Waals surface area contributed by atoms with E-state index in [0.717, 1.165) is 16.4 Å². The van der Waals surface area contributed by atoms with Crippen LogP contribution in [0.25, 0.3) is 0 Å². The topological polar surface area (TPSA) is 112 Å². The minimum Gasteiger partial charge on any atom is -0.478 e. The molecule has 2 aromatic heterocycles. The highest BCUT2D eigenvalue weighted by molar-refractivity contribution is 7.99. The molecule has 4 rings (SSSR count). The van der Waals surface area contributed by atoms with Gasteiger partial charge in [0.15, 0.2) is 5.16 Å². The molecule has 33 heavy (non-hydrogen) atoms. The second-order valence-electron chi connectivity index (χ2n) is 7.70. The predicted octanol–water partition coefficient (Wildman–Crippen LogP) is 3.67. The number of hydrogen-bond acceptors (Lipinski definition) is 7. The molecule has 0 radical (unpaired) electrons. The number of amides is 1. The van der Waals surface area contributed by atoms with Gasteiger partial charge in [0.25, 0.3) is 0 Å². The number of carboxylic acid groups (broad SMARTS) is 1. The van der Waals surface area contributed by atoms with Crippen molar-refractivity contribution in [2.75, 3.05) is 26.2 Å². The number of ether oxygens (including phenoxy) is 1. The minimum atomic E-state index is -0.988. The summed E-state index contributed by atoms with van der Waals surface area (Å²) in [5.41, 5.74) is 2.09. The SMILES string of the molecule is CC(Sc1ncc[nH]1)c1ccc(OC(=O)N2CCN(Cc3ccc(C(=O)O)cn3)CC2)cc1. The number of aromatic carboxylic acids is 1. The smallest absolute Gasteiger partial charge is 0.415 e. The van der Waals surface area contributed by atoms with Crippen LogP contribution in [0.3, 0.4) is 0 Å². The number of pyridine rings is 1. The Morgan fingerprint density at radius 1 is 1.12 bits per heavy atom. The van der Waals surface area contributed by atoms with Crippen molar-refractivity contribution in [3.8, 4) is 5.75 Å².